The number of nitrogens with two attached hydrogens (primary N) is 1. The van der Waals surface area contributed by atoms with Crippen molar-refractivity contribution in [1.82, 2.24) is 0 Å². The summed E-state index contributed by atoms with van der Waals surface area (Å²) >= 11 is 3.27. The van der Waals surface area contributed by atoms with E-state index in [2.05, 4.69) is 15.9 Å². The van der Waals surface area contributed by atoms with Gasteiger partial charge in [0.2, 0.25) is 0 Å². The Labute approximate surface area is 91.3 Å². The molecule has 74 valence electrons. The Bertz CT molecular complexity index is 371. The zero-order valence-corrected chi connectivity index (χ0v) is 9.32. The first kappa shape index (κ1) is 11.2. The van der Waals surface area contributed by atoms with Gasteiger partial charge in [-0.15, -0.1) is 0 Å². The van der Waals surface area contributed by atoms with Crippen LogP contribution in [0.15, 0.2) is 22.7 Å². The van der Waals surface area contributed by atoms with Gasteiger partial charge in [0, 0.05) is 4.47 Å². The molecule has 0 spiro atoms. The zero-order valence-electron chi connectivity index (χ0n) is 7.74. The maximum absolute atomic E-state index is 9.29. The molecule has 1 aromatic carbocycles. The Morgan fingerprint density at radius 2 is 2.21 bits per heavy atom. The SMILES string of the molecule is C[C@@H](O)[C@H](N)c1ccc(C#N)c(Br)c1. The number of halogens is 1. The third-order valence-corrected chi connectivity index (χ3v) is 2.67. The van der Waals surface area contributed by atoms with Crippen molar-refractivity contribution in [3.05, 3.63) is 33.8 Å². The lowest BCUT2D eigenvalue weighted by atomic mass is 10.0. The molecular formula is C10H11BrN2O. The van der Waals surface area contributed by atoms with Gasteiger partial charge >= 0.3 is 0 Å². The molecule has 14 heavy (non-hydrogen) atoms. The molecule has 2 atom stereocenters. The number of nitriles is 1. The first-order chi connectivity index (χ1) is 6.56. The molecule has 0 bridgehead atoms. The van der Waals surface area contributed by atoms with Crippen LogP contribution in [0, 0.1) is 11.3 Å². The van der Waals surface area contributed by atoms with Crippen molar-refractivity contribution in [2.75, 3.05) is 0 Å². The van der Waals surface area contributed by atoms with Gasteiger partial charge in [-0.25, -0.2) is 0 Å². The third kappa shape index (κ3) is 2.32. The van der Waals surface area contributed by atoms with Gasteiger partial charge < -0.3 is 10.8 Å². The molecule has 1 aromatic rings. The van der Waals surface area contributed by atoms with Crippen LogP contribution in [-0.2, 0) is 0 Å². The van der Waals surface area contributed by atoms with Crippen LogP contribution in [0.25, 0.3) is 0 Å². The van der Waals surface area contributed by atoms with Crippen LogP contribution in [0.5, 0.6) is 0 Å². The molecule has 0 fully saturated rings. The molecule has 0 aromatic heterocycles. The van der Waals surface area contributed by atoms with E-state index in [1.807, 2.05) is 6.07 Å². The van der Waals surface area contributed by atoms with Crippen molar-refractivity contribution in [2.45, 2.75) is 19.1 Å². The highest BCUT2D eigenvalue weighted by Gasteiger charge is 2.12. The molecule has 0 radical (unpaired) electrons. The lowest BCUT2D eigenvalue weighted by Gasteiger charge is -2.15. The first-order valence-corrected chi connectivity index (χ1v) is 4.98. The van der Waals surface area contributed by atoms with Crippen LogP contribution in [0.2, 0.25) is 0 Å². The largest absolute Gasteiger partial charge is 0.391 e. The van der Waals surface area contributed by atoms with E-state index in [4.69, 9.17) is 11.0 Å². The summed E-state index contributed by atoms with van der Waals surface area (Å²) in [7, 11) is 0. The second-order valence-electron chi connectivity index (χ2n) is 3.12. The monoisotopic (exact) mass is 254 g/mol. The van der Waals surface area contributed by atoms with E-state index < -0.39 is 12.1 Å². The molecule has 0 saturated carbocycles. The summed E-state index contributed by atoms with van der Waals surface area (Å²) in [5.74, 6) is 0. The van der Waals surface area contributed by atoms with E-state index in [-0.39, 0.29) is 0 Å². The van der Waals surface area contributed by atoms with Gasteiger partial charge in [-0.1, -0.05) is 6.07 Å². The second-order valence-corrected chi connectivity index (χ2v) is 3.97. The van der Waals surface area contributed by atoms with Gasteiger partial charge in [-0.05, 0) is 40.5 Å². The Hall–Kier alpha value is -0.890. The van der Waals surface area contributed by atoms with Crippen LogP contribution in [0.4, 0.5) is 0 Å². The van der Waals surface area contributed by atoms with Crippen molar-refractivity contribution in [2.24, 2.45) is 5.73 Å². The molecule has 0 heterocycles. The van der Waals surface area contributed by atoms with Crippen molar-refractivity contribution < 1.29 is 5.11 Å². The van der Waals surface area contributed by atoms with E-state index in [1.165, 1.54) is 0 Å². The number of hydrogen-bond acceptors (Lipinski definition) is 3. The van der Waals surface area contributed by atoms with Crippen molar-refractivity contribution in [1.29, 1.82) is 5.26 Å². The molecule has 3 nitrogen and oxygen atoms in total. The Morgan fingerprint density at radius 1 is 1.57 bits per heavy atom. The average Bonchev–Trinajstić information content (AvgIpc) is 2.16. The summed E-state index contributed by atoms with van der Waals surface area (Å²) in [6, 6.07) is 6.82. The van der Waals surface area contributed by atoms with Gasteiger partial charge in [-0.3, -0.25) is 0 Å². The maximum atomic E-state index is 9.29. The summed E-state index contributed by atoms with van der Waals surface area (Å²) in [4.78, 5) is 0. The highest BCUT2D eigenvalue weighted by atomic mass is 79.9. The van der Waals surface area contributed by atoms with Gasteiger partial charge in [0.15, 0.2) is 0 Å². The average molecular weight is 255 g/mol. The third-order valence-electron chi connectivity index (χ3n) is 2.02. The molecule has 1 rings (SSSR count). The van der Waals surface area contributed by atoms with E-state index in [0.29, 0.717) is 10.0 Å². The van der Waals surface area contributed by atoms with Gasteiger partial charge in [0.25, 0.3) is 0 Å². The van der Waals surface area contributed by atoms with Crippen LogP contribution >= 0.6 is 15.9 Å². The predicted octanol–water partition coefficient (Wildman–Crippen LogP) is 1.70. The number of aliphatic hydroxyl groups excluding tert-OH is 1. The van der Waals surface area contributed by atoms with Crippen LogP contribution < -0.4 is 5.73 Å². The number of aliphatic hydroxyl groups is 1. The van der Waals surface area contributed by atoms with Crippen molar-refractivity contribution in [3.8, 4) is 6.07 Å². The van der Waals surface area contributed by atoms with E-state index in [1.54, 1.807) is 25.1 Å². The quantitative estimate of drug-likeness (QED) is 0.844. The zero-order chi connectivity index (χ0) is 10.7. The summed E-state index contributed by atoms with van der Waals surface area (Å²) < 4.78 is 0.702. The summed E-state index contributed by atoms with van der Waals surface area (Å²) in [5, 5.41) is 18.0. The lowest BCUT2D eigenvalue weighted by Crippen LogP contribution is -2.23. The second kappa shape index (κ2) is 4.56. The van der Waals surface area contributed by atoms with Gasteiger partial charge in [-0.2, -0.15) is 5.26 Å². The van der Waals surface area contributed by atoms with Crippen LogP contribution in [0.3, 0.4) is 0 Å². The van der Waals surface area contributed by atoms with Gasteiger partial charge in [0.05, 0.1) is 17.7 Å². The van der Waals surface area contributed by atoms with Gasteiger partial charge in [0.1, 0.15) is 6.07 Å². The number of rotatable bonds is 2. The summed E-state index contributed by atoms with van der Waals surface area (Å²) in [6.45, 7) is 1.64. The standard InChI is InChI=1S/C10H11BrN2O/c1-6(14)10(13)7-2-3-8(5-12)9(11)4-7/h2-4,6,10,14H,13H2,1H3/t6-,10+/m1/s1. The van der Waals surface area contributed by atoms with E-state index >= 15 is 0 Å². The maximum Gasteiger partial charge on any atom is 0.100 e. The van der Waals surface area contributed by atoms with Crippen molar-refractivity contribution >= 4 is 15.9 Å². The minimum Gasteiger partial charge on any atom is -0.391 e. The lowest BCUT2D eigenvalue weighted by molar-refractivity contribution is 0.164. The topological polar surface area (TPSA) is 70.0 Å². The molecule has 0 aliphatic carbocycles. The highest BCUT2D eigenvalue weighted by molar-refractivity contribution is 9.10. The molecule has 0 amide bonds. The minimum atomic E-state index is -0.602. The van der Waals surface area contributed by atoms with E-state index in [9.17, 15) is 5.11 Å². The van der Waals surface area contributed by atoms with Crippen LogP contribution in [-0.4, -0.2) is 11.2 Å². The number of nitrogens with zero attached hydrogens (tertiary/aromatic N) is 1. The highest BCUT2D eigenvalue weighted by Crippen LogP contribution is 2.22. The molecule has 0 saturated heterocycles. The van der Waals surface area contributed by atoms with Crippen LogP contribution in [0.1, 0.15) is 24.1 Å². The fraction of sp³-hybridized carbons (Fsp3) is 0.300. The molecular weight excluding hydrogens is 244 g/mol. The predicted molar refractivity (Wildman–Crippen MR) is 57.5 cm³/mol. The molecule has 4 heteroatoms. The summed E-state index contributed by atoms with van der Waals surface area (Å²) in [6.07, 6.45) is -0.602. The smallest absolute Gasteiger partial charge is 0.100 e. The first-order valence-electron chi connectivity index (χ1n) is 4.19. The Balaban J connectivity index is 3.04. The molecule has 0 unspecified atom stereocenters. The molecule has 0 aliphatic heterocycles. The number of hydrogen-bond donors (Lipinski definition) is 2. The molecule has 3 N–H and O–H groups in total. The summed E-state index contributed by atoms with van der Waals surface area (Å²) in [5.41, 5.74) is 7.12. The fourth-order valence-corrected chi connectivity index (χ4v) is 1.59. The molecule has 0 aliphatic rings. The normalized spacial score (nSPS) is 14.5. The van der Waals surface area contributed by atoms with E-state index in [0.717, 1.165) is 5.56 Å². The number of benzene rings is 1. The van der Waals surface area contributed by atoms with Crippen molar-refractivity contribution in [3.63, 3.8) is 0 Å². The Morgan fingerprint density at radius 3 is 2.64 bits per heavy atom. The fourth-order valence-electron chi connectivity index (χ4n) is 1.11. The Kier molecular flexibility index (Phi) is 3.64. The minimum absolute atomic E-state index is 0.418.